The zero-order valence-corrected chi connectivity index (χ0v) is 26.5. The van der Waals surface area contributed by atoms with Crippen molar-refractivity contribution in [2.24, 2.45) is 17.4 Å². The van der Waals surface area contributed by atoms with E-state index in [-0.39, 0.29) is 19.1 Å². The summed E-state index contributed by atoms with van der Waals surface area (Å²) in [6, 6.07) is 1.11. The monoisotopic (exact) mass is 613 g/mol. The first-order valence-electron chi connectivity index (χ1n) is 10.7. The maximum absolute atomic E-state index is 11.8. The Bertz CT molecular complexity index is 414. The molecule has 2 rings (SSSR count). The van der Waals surface area contributed by atoms with Gasteiger partial charge >= 0.3 is 6.09 Å². The van der Waals surface area contributed by atoms with Gasteiger partial charge in [0.2, 0.25) is 0 Å². The molecule has 3 unspecified atom stereocenters. The van der Waals surface area contributed by atoms with Crippen molar-refractivity contribution < 1.29 is 9.53 Å². The van der Waals surface area contributed by atoms with Gasteiger partial charge in [-0.25, -0.2) is 4.79 Å². The molecule has 0 radical (unpaired) electrons. The summed E-state index contributed by atoms with van der Waals surface area (Å²) in [6.45, 7) is 8.09. The fourth-order valence-electron chi connectivity index (χ4n) is 3.26. The SMILES string of the molecule is CC1CCC(N)CC1.CI.CN(C(=O)OC(C)(C)C)C1CCC(N)CC1.PP(P)P. The van der Waals surface area contributed by atoms with Crippen LogP contribution < -0.4 is 11.5 Å². The molecule has 0 aromatic rings. The molecule has 3 atom stereocenters. The molecule has 0 aliphatic heterocycles. The fraction of sp³-hybridized carbons (Fsp3) is 0.950. The molecule has 2 fully saturated rings. The summed E-state index contributed by atoms with van der Waals surface area (Å²) in [5.41, 5.74) is 11.1. The predicted molar refractivity (Wildman–Crippen MR) is 156 cm³/mol. The van der Waals surface area contributed by atoms with Crippen molar-refractivity contribution in [2.45, 2.75) is 103 Å². The molecule has 30 heavy (non-hydrogen) atoms. The highest BCUT2D eigenvalue weighted by Gasteiger charge is 2.28. The lowest BCUT2D eigenvalue weighted by atomic mass is 9.88. The Morgan fingerprint density at radius 2 is 1.27 bits per heavy atom. The molecule has 2 saturated carbocycles. The second kappa shape index (κ2) is 19.0. The van der Waals surface area contributed by atoms with Crippen LogP contribution in [0.15, 0.2) is 0 Å². The van der Waals surface area contributed by atoms with Gasteiger partial charge in [0.1, 0.15) is 5.60 Å². The summed E-state index contributed by atoms with van der Waals surface area (Å²) in [6.07, 6.45) is 8.93. The standard InChI is InChI=1S/C12H24N2O2.C7H15N.CH3I.H6P4/c1-12(2,3)16-11(15)14(4)10-7-5-9(13)6-8-10;1-6-2-4-7(8)5-3-6;1-2;1-4(2)3/h9-10H,5-8,13H2,1-4H3;6-7H,2-5,8H2,1H3;1H3;1-3H2. The maximum atomic E-state index is 11.8. The van der Waals surface area contributed by atoms with E-state index in [4.69, 9.17) is 16.2 Å². The topological polar surface area (TPSA) is 81.6 Å². The van der Waals surface area contributed by atoms with Crippen LogP contribution in [0, 0.1) is 5.92 Å². The molecule has 4 N–H and O–H groups in total. The number of nitrogens with two attached hydrogens (primary N) is 2. The van der Waals surface area contributed by atoms with Crippen molar-refractivity contribution in [3.63, 3.8) is 0 Å². The summed E-state index contributed by atoms with van der Waals surface area (Å²) < 4.78 is 5.34. The third-order valence-electron chi connectivity index (χ3n) is 5.03. The third-order valence-corrected chi connectivity index (χ3v) is 5.03. The summed E-state index contributed by atoms with van der Waals surface area (Å²) in [7, 11) is 9.76. The largest absolute Gasteiger partial charge is 0.444 e. The third kappa shape index (κ3) is 20.3. The molecular weight excluding hydrogens is 565 g/mol. The van der Waals surface area contributed by atoms with Crippen LogP contribution in [0.2, 0.25) is 0 Å². The molecule has 2 aliphatic carbocycles. The molecule has 0 spiro atoms. The molecule has 0 aromatic carbocycles. The molecule has 182 valence electrons. The van der Waals surface area contributed by atoms with Crippen LogP contribution in [0.25, 0.3) is 0 Å². The number of alkyl halides is 1. The first-order valence-corrected chi connectivity index (χ1v) is 19.1. The van der Waals surface area contributed by atoms with E-state index in [0.29, 0.717) is 12.1 Å². The number of rotatable bonds is 1. The van der Waals surface area contributed by atoms with Gasteiger partial charge in [0.15, 0.2) is 0 Å². The zero-order valence-electron chi connectivity index (χ0n) is 19.9. The Morgan fingerprint density at radius 3 is 1.57 bits per heavy atom. The first-order chi connectivity index (χ1) is 13.8. The summed E-state index contributed by atoms with van der Waals surface area (Å²) in [5.74, 6) is 0.940. The number of amides is 1. The number of halogens is 1. The summed E-state index contributed by atoms with van der Waals surface area (Å²) in [4.78, 5) is 15.5. The Morgan fingerprint density at radius 1 is 0.933 bits per heavy atom. The Hall–Kier alpha value is 1.64. The van der Waals surface area contributed by atoms with E-state index in [1.807, 2.05) is 32.7 Å². The van der Waals surface area contributed by atoms with Crippen LogP contribution >= 0.6 is 56.4 Å². The Balaban J connectivity index is 0. The maximum Gasteiger partial charge on any atom is 0.410 e. The Kier molecular flexibility index (Phi) is 21.4. The van der Waals surface area contributed by atoms with Crippen molar-refractivity contribution >= 4 is 62.5 Å². The van der Waals surface area contributed by atoms with E-state index >= 15 is 0 Å². The number of carbonyl (C=O) groups is 1. The fourth-order valence-corrected chi connectivity index (χ4v) is 3.26. The molecule has 5 nitrogen and oxygen atoms in total. The van der Waals surface area contributed by atoms with E-state index in [0.717, 1.165) is 31.6 Å². The zero-order chi connectivity index (χ0) is 23.9. The van der Waals surface area contributed by atoms with Gasteiger partial charge in [0.05, 0.1) is 0 Å². The van der Waals surface area contributed by atoms with Crippen LogP contribution in [-0.4, -0.2) is 46.7 Å². The van der Waals surface area contributed by atoms with Crippen LogP contribution in [0.1, 0.15) is 79.1 Å². The van der Waals surface area contributed by atoms with Gasteiger partial charge in [-0.15, -0.1) is 26.8 Å². The van der Waals surface area contributed by atoms with Crippen molar-refractivity contribution in [2.75, 3.05) is 12.0 Å². The highest BCUT2D eigenvalue weighted by atomic mass is 127. The van der Waals surface area contributed by atoms with Gasteiger partial charge < -0.3 is 21.1 Å². The average molecular weight is 613 g/mol. The number of hydrogen-bond donors (Lipinski definition) is 2. The van der Waals surface area contributed by atoms with Crippen LogP contribution in [0.3, 0.4) is 0 Å². The molecule has 1 amide bonds. The summed E-state index contributed by atoms with van der Waals surface area (Å²) in [5, 5.41) is 0. The number of nitrogens with zero attached hydrogens (tertiary/aromatic N) is 1. The first kappa shape index (κ1) is 33.8. The molecule has 0 aromatic heterocycles. The van der Waals surface area contributed by atoms with Gasteiger partial charge in [-0.3, -0.25) is 0 Å². The second-order valence-electron chi connectivity index (χ2n) is 9.13. The number of hydrogen-bond acceptors (Lipinski definition) is 4. The molecule has 0 bridgehead atoms. The lowest BCUT2D eigenvalue weighted by Gasteiger charge is -2.34. The minimum Gasteiger partial charge on any atom is -0.444 e. The van der Waals surface area contributed by atoms with Crippen LogP contribution in [0.5, 0.6) is 0 Å². The van der Waals surface area contributed by atoms with E-state index in [9.17, 15) is 4.79 Å². The van der Waals surface area contributed by atoms with Gasteiger partial charge in [0, 0.05) is 25.2 Å². The van der Waals surface area contributed by atoms with Gasteiger partial charge in [-0.05, 0) is 90.0 Å². The van der Waals surface area contributed by atoms with Gasteiger partial charge in [-0.2, -0.15) is 0 Å². The quantitative estimate of drug-likeness (QED) is 0.200. The van der Waals surface area contributed by atoms with Crippen molar-refractivity contribution in [3.05, 3.63) is 0 Å². The number of ether oxygens (including phenoxy) is 1. The highest BCUT2D eigenvalue weighted by molar-refractivity contribution is 14.1. The summed E-state index contributed by atoms with van der Waals surface area (Å²) >= 11 is 2.15. The van der Waals surface area contributed by atoms with E-state index in [1.54, 1.807) is 4.90 Å². The Labute approximate surface area is 208 Å². The molecule has 10 heteroatoms. The van der Waals surface area contributed by atoms with Crippen molar-refractivity contribution in [1.29, 1.82) is 0 Å². The van der Waals surface area contributed by atoms with E-state index < -0.39 is 5.60 Å². The van der Waals surface area contributed by atoms with Crippen LogP contribution in [-0.2, 0) is 4.74 Å². The predicted octanol–water partition coefficient (Wildman–Crippen LogP) is 6.54. The lowest BCUT2D eigenvalue weighted by Crippen LogP contribution is -2.44. The normalized spacial score (nSPS) is 26.0. The average Bonchev–Trinajstić information content (AvgIpc) is 2.64. The van der Waals surface area contributed by atoms with Gasteiger partial charge in [-0.1, -0.05) is 29.5 Å². The molecule has 2 aliphatic rings. The molecular formula is C20H48IN3O2P4. The van der Waals surface area contributed by atoms with Gasteiger partial charge in [0.25, 0.3) is 0 Å². The number of carbonyl (C=O) groups excluding carboxylic acids is 1. The molecule has 0 heterocycles. The second-order valence-corrected chi connectivity index (χ2v) is 20.8. The smallest absolute Gasteiger partial charge is 0.410 e. The minimum absolute atomic E-state index is 0.130. The molecule has 0 saturated heterocycles. The van der Waals surface area contributed by atoms with E-state index in [2.05, 4.69) is 56.3 Å². The highest BCUT2D eigenvalue weighted by Crippen LogP contribution is 2.59. The van der Waals surface area contributed by atoms with E-state index in [1.165, 1.54) is 25.7 Å². The minimum atomic E-state index is -0.420. The van der Waals surface area contributed by atoms with Crippen molar-refractivity contribution in [3.8, 4) is 0 Å². The van der Waals surface area contributed by atoms with Crippen molar-refractivity contribution in [1.82, 2.24) is 4.90 Å². The lowest BCUT2D eigenvalue weighted by molar-refractivity contribution is 0.0183. The van der Waals surface area contributed by atoms with Crippen LogP contribution in [0.4, 0.5) is 4.79 Å².